The van der Waals surface area contributed by atoms with Crippen LogP contribution in [0.3, 0.4) is 0 Å². The summed E-state index contributed by atoms with van der Waals surface area (Å²) in [6.45, 7) is 1.96. The van der Waals surface area contributed by atoms with Gasteiger partial charge in [-0.15, -0.1) is 0 Å². The van der Waals surface area contributed by atoms with Crippen molar-refractivity contribution in [3.63, 3.8) is 0 Å². The van der Waals surface area contributed by atoms with Crippen molar-refractivity contribution >= 4 is 34.8 Å². The molecule has 0 aromatic heterocycles. The zero-order chi connectivity index (χ0) is 27.1. The van der Waals surface area contributed by atoms with E-state index >= 15 is 0 Å². The minimum atomic E-state index is -0.526. The van der Waals surface area contributed by atoms with Gasteiger partial charge < -0.3 is 24.4 Å². The molecule has 1 aliphatic rings. The Morgan fingerprint density at radius 3 is 2.39 bits per heavy atom. The molecule has 3 aromatic rings. The van der Waals surface area contributed by atoms with E-state index in [9.17, 15) is 14.4 Å². The average molecular weight is 519 g/mol. The van der Waals surface area contributed by atoms with Gasteiger partial charge in [-0.25, -0.2) is 0 Å². The largest absolute Gasteiger partial charge is 0.497 e. The molecular weight excluding hydrogens is 488 g/mol. The summed E-state index contributed by atoms with van der Waals surface area (Å²) < 4.78 is 16.3. The van der Waals surface area contributed by atoms with Gasteiger partial charge in [-0.2, -0.15) is 0 Å². The van der Waals surface area contributed by atoms with Gasteiger partial charge in [-0.3, -0.25) is 25.2 Å². The Bertz CT molecular complexity index is 1290. The van der Waals surface area contributed by atoms with Crippen molar-refractivity contribution in [3.8, 4) is 17.2 Å². The number of carbonyl (C=O) groups excluding carboxylic acids is 3. The van der Waals surface area contributed by atoms with Crippen LogP contribution in [0.5, 0.6) is 17.2 Å². The number of amides is 3. The van der Waals surface area contributed by atoms with Crippen LogP contribution in [0.15, 0.2) is 66.7 Å². The highest BCUT2D eigenvalue weighted by atomic mass is 16.5. The topological polar surface area (TPSA) is 118 Å². The highest BCUT2D eigenvalue weighted by Gasteiger charge is 2.35. The Kier molecular flexibility index (Phi) is 8.32. The first-order valence-electron chi connectivity index (χ1n) is 12.0. The number of hydrogen-bond acceptors (Lipinski definition) is 7. The van der Waals surface area contributed by atoms with Gasteiger partial charge in [0.2, 0.25) is 11.8 Å². The summed E-state index contributed by atoms with van der Waals surface area (Å²) in [5.74, 6) is -0.0394. The van der Waals surface area contributed by atoms with Gasteiger partial charge in [0.1, 0.15) is 5.75 Å². The van der Waals surface area contributed by atoms with Crippen LogP contribution in [0.4, 0.5) is 17.1 Å². The summed E-state index contributed by atoms with van der Waals surface area (Å²) in [5.41, 5.74) is 8.35. The van der Waals surface area contributed by atoms with Crippen LogP contribution in [-0.4, -0.2) is 45.1 Å². The third-order valence-corrected chi connectivity index (χ3v) is 6.08. The standard InChI is InChI=1S/C28H30N4O6/c1-18-7-11-21(12-8-18)32-16-19(15-26(32)34)28(35)31-30-23-5-4-6-24(37-3)27(23)38-17-25(33)29-20-9-13-22(36-2)14-10-20/h4-14,19,30H,15-17H2,1-3H3,(H,29,33)(H,31,35)/t19-/m0/s1. The molecule has 38 heavy (non-hydrogen) atoms. The first-order valence-corrected chi connectivity index (χ1v) is 12.0. The van der Waals surface area contributed by atoms with E-state index in [0.29, 0.717) is 22.9 Å². The SMILES string of the molecule is COc1ccc(NC(=O)COc2c(NNC(=O)[C@H]3CC(=O)N(c4ccc(C)cc4)C3)cccc2OC)cc1. The maximum atomic E-state index is 12.9. The van der Waals surface area contributed by atoms with E-state index in [1.165, 1.54) is 7.11 Å². The van der Waals surface area contributed by atoms with Gasteiger partial charge in [0, 0.05) is 24.3 Å². The van der Waals surface area contributed by atoms with Crippen molar-refractivity contribution in [3.05, 3.63) is 72.3 Å². The second kappa shape index (κ2) is 12.0. The predicted molar refractivity (Wildman–Crippen MR) is 144 cm³/mol. The maximum Gasteiger partial charge on any atom is 0.262 e. The number of methoxy groups -OCH3 is 2. The Balaban J connectivity index is 1.36. The number of ether oxygens (including phenoxy) is 3. The molecule has 3 amide bonds. The Hall–Kier alpha value is -4.73. The summed E-state index contributed by atoms with van der Waals surface area (Å²) in [7, 11) is 3.04. The molecule has 3 aromatic carbocycles. The lowest BCUT2D eigenvalue weighted by Crippen LogP contribution is -2.36. The third-order valence-electron chi connectivity index (χ3n) is 6.08. The molecule has 1 atom stereocenters. The number of nitrogens with zero attached hydrogens (tertiary/aromatic N) is 1. The fourth-order valence-corrected chi connectivity index (χ4v) is 4.02. The van der Waals surface area contributed by atoms with Crippen molar-refractivity contribution in [2.45, 2.75) is 13.3 Å². The second-order valence-corrected chi connectivity index (χ2v) is 8.76. The Morgan fingerprint density at radius 2 is 1.71 bits per heavy atom. The van der Waals surface area contributed by atoms with Crippen molar-refractivity contribution in [2.75, 3.05) is 43.0 Å². The summed E-state index contributed by atoms with van der Waals surface area (Å²) in [6.07, 6.45) is 0.106. The van der Waals surface area contributed by atoms with E-state index in [1.54, 1.807) is 54.5 Å². The minimum absolute atomic E-state index is 0.106. The van der Waals surface area contributed by atoms with Gasteiger partial charge in [0.05, 0.1) is 25.8 Å². The van der Waals surface area contributed by atoms with Crippen LogP contribution in [0.25, 0.3) is 0 Å². The van der Waals surface area contributed by atoms with Gasteiger partial charge >= 0.3 is 0 Å². The molecule has 10 nitrogen and oxygen atoms in total. The van der Waals surface area contributed by atoms with Crippen molar-refractivity contribution in [1.82, 2.24) is 5.43 Å². The fraction of sp³-hybridized carbons (Fsp3) is 0.250. The van der Waals surface area contributed by atoms with Crippen LogP contribution in [-0.2, 0) is 14.4 Å². The molecule has 0 spiro atoms. The zero-order valence-corrected chi connectivity index (χ0v) is 21.4. The molecule has 1 saturated heterocycles. The van der Waals surface area contributed by atoms with E-state index < -0.39 is 5.92 Å². The van der Waals surface area contributed by atoms with Crippen LogP contribution in [0, 0.1) is 12.8 Å². The molecule has 0 bridgehead atoms. The number of anilines is 3. The molecule has 1 fully saturated rings. The number of para-hydroxylation sites is 1. The Morgan fingerprint density at radius 1 is 0.974 bits per heavy atom. The van der Waals surface area contributed by atoms with E-state index in [0.717, 1.165) is 11.3 Å². The molecule has 1 heterocycles. The zero-order valence-electron chi connectivity index (χ0n) is 21.4. The quantitative estimate of drug-likeness (QED) is 0.352. The first-order chi connectivity index (χ1) is 18.4. The lowest BCUT2D eigenvalue weighted by molar-refractivity contribution is -0.125. The van der Waals surface area contributed by atoms with Crippen LogP contribution in [0.2, 0.25) is 0 Å². The smallest absolute Gasteiger partial charge is 0.262 e. The molecule has 0 unspecified atom stereocenters. The summed E-state index contributed by atoms with van der Waals surface area (Å²) in [5, 5.41) is 2.75. The molecule has 1 aliphatic heterocycles. The van der Waals surface area contributed by atoms with E-state index in [2.05, 4.69) is 16.2 Å². The molecule has 10 heteroatoms. The summed E-state index contributed by atoms with van der Waals surface area (Å²) >= 11 is 0. The highest BCUT2D eigenvalue weighted by Crippen LogP contribution is 2.35. The summed E-state index contributed by atoms with van der Waals surface area (Å²) in [4.78, 5) is 39.5. The number of hydrazine groups is 1. The average Bonchev–Trinajstić information content (AvgIpc) is 3.33. The minimum Gasteiger partial charge on any atom is -0.497 e. The second-order valence-electron chi connectivity index (χ2n) is 8.76. The molecular formula is C28H30N4O6. The van der Waals surface area contributed by atoms with Crippen LogP contribution < -0.4 is 35.3 Å². The highest BCUT2D eigenvalue weighted by molar-refractivity contribution is 6.00. The molecule has 0 saturated carbocycles. The number of carbonyl (C=O) groups is 3. The number of benzene rings is 3. The maximum absolute atomic E-state index is 12.9. The molecule has 0 radical (unpaired) electrons. The molecule has 3 N–H and O–H groups in total. The number of rotatable bonds is 10. The van der Waals surface area contributed by atoms with Gasteiger partial charge in [-0.1, -0.05) is 23.8 Å². The van der Waals surface area contributed by atoms with Crippen molar-refractivity contribution < 1.29 is 28.6 Å². The van der Waals surface area contributed by atoms with Gasteiger partial charge in [0.15, 0.2) is 18.1 Å². The lowest BCUT2D eigenvalue weighted by atomic mass is 10.1. The van der Waals surface area contributed by atoms with Crippen molar-refractivity contribution in [1.29, 1.82) is 0 Å². The van der Waals surface area contributed by atoms with Gasteiger partial charge in [-0.05, 0) is 55.5 Å². The first kappa shape index (κ1) is 26.3. The molecule has 198 valence electrons. The monoisotopic (exact) mass is 518 g/mol. The molecule has 4 rings (SSSR count). The van der Waals surface area contributed by atoms with Crippen LogP contribution >= 0.6 is 0 Å². The number of aryl methyl sites for hydroxylation is 1. The normalized spacial score (nSPS) is 14.6. The summed E-state index contributed by atoms with van der Waals surface area (Å²) in [6, 6.07) is 19.6. The number of hydrogen-bond donors (Lipinski definition) is 3. The van der Waals surface area contributed by atoms with E-state index in [1.807, 2.05) is 31.2 Å². The number of nitrogens with one attached hydrogen (secondary N) is 3. The molecule has 0 aliphatic carbocycles. The van der Waals surface area contributed by atoms with Crippen molar-refractivity contribution in [2.24, 2.45) is 5.92 Å². The van der Waals surface area contributed by atoms with Crippen LogP contribution in [0.1, 0.15) is 12.0 Å². The lowest BCUT2D eigenvalue weighted by Gasteiger charge is -2.18. The Labute approximate surface area is 220 Å². The van der Waals surface area contributed by atoms with E-state index in [-0.39, 0.29) is 43.0 Å². The predicted octanol–water partition coefficient (Wildman–Crippen LogP) is 3.53. The third kappa shape index (κ3) is 6.33. The fourth-order valence-electron chi connectivity index (χ4n) is 4.02. The van der Waals surface area contributed by atoms with Gasteiger partial charge in [0.25, 0.3) is 5.91 Å². The van der Waals surface area contributed by atoms with E-state index in [4.69, 9.17) is 14.2 Å².